The van der Waals surface area contributed by atoms with Gasteiger partial charge < -0.3 is 16.0 Å². The number of rotatable bonds is 4. The normalized spacial score (nSPS) is 12.4. The minimum Gasteiger partial charge on any atom is -0.375 e. The van der Waals surface area contributed by atoms with Crippen LogP contribution in [-0.4, -0.2) is 20.9 Å². The molecule has 21 heavy (non-hydrogen) atoms. The summed E-state index contributed by atoms with van der Waals surface area (Å²) >= 11 is 1.37. The van der Waals surface area contributed by atoms with Crippen LogP contribution in [0.3, 0.4) is 0 Å². The van der Waals surface area contributed by atoms with Crippen LogP contribution in [0.4, 0.5) is 5.13 Å². The molecule has 1 amide bonds. The number of nitrogens with two attached hydrogens (primary N) is 1. The van der Waals surface area contributed by atoms with Crippen molar-refractivity contribution in [2.24, 2.45) is 0 Å². The fourth-order valence-corrected chi connectivity index (χ4v) is 2.93. The maximum absolute atomic E-state index is 12.4. The number of fused-ring (bicyclic) bond motifs is 1. The number of benzene rings is 1. The van der Waals surface area contributed by atoms with E-state index in [-0.39, 0.29) is 11.9 Å². The van der Waals surface area contributed by atoms with E-state index in [0.29, 0.717) is 10.7 Å². The van der Waals surface area contributed by atoms with Crippen molar-refractivity contribution < 1.29 is 4.79 Å². The summed E-state index contributed by atoms with van der Waals surface area (Å²) in [4.78, 5) is 23.8. The molecule has 3 rings (SSSR count). The third-order valence-electron chi connectivity index (χ3n) is 3.23. The monoisotopic (exact) mass is 301 g/mol. The van der Waals surface area contributed by atoms with Gasteiger partial charge in [0.1, 0.15) is 5.82 Å². The number of hydrogen-bond acceptors (Lipinski definition) is 5. The number of carbonyl (C=O) groups excluding carboxylic acids is 1. The first-order valence-corrected chi connectivity index (χ1v) is 7.45. The van der Waals surface area contributed by atoms with Crippen LogP contribution in [0, 0.1) is 0 Å². The average Bonchev–Trinajstić information content (AvgIpc) is 3.11. The Kier molecular flexibility index (Phi) is 3.57. The number of H-pyrrole nitrogens is 1. The Labute approximate surface area is 125 Å². The Morgan fingerprint density at radius 2 is 2.38 bits per heavy atom. The van der Waals surface area contributed by atoms with Gasteiger partial charge in [-0.1, -0.05) is 18.3 Å². The standard InChI is InChI=1S/C14H15N5OS/c1-2-9(12-16-5-6-17-12)18-13(20)8-3-4-10-11(7-8)21-14(15)19-10/h3-7,9H,2H2,1H3,(H2,15,19)(H,16,17)(H,18,20). The Morgan fingerprint density at radius 3 is 3.10 bits per heavy atom. The summed E-state index contributed by atoms with van der Waals surface area (Å²) in [7, 11) is 0. The summed E-state index contributed by atoms with van der Waals surface area (Å²) in [5, 5.41) is 3.48. The largest absolute Gasteiger partial charge is 0.375 e. The van der Waals surface area contributed by atoms with Crippen LogP contribution in [0.5, 0.6) is 0 Å². The molecule has 6 nitrogen and oxygen atoms in total. The lowest BCUT2D eigenvalue weighted by Gasteiger charge is -2.14. The van der Waals surface area contributed by atoms with Crippen LogP contribution in [0.25, 0.3) is 10.2 Å². The highest BCUT2D eigenvalue weighted by molar-refractivity contribution is 7.22. The molecule has 0 saturated heterocycles. The number of anilines is 1. The predicted molar refractivity (Wildman–Crippen MR) is 83.1 cm³/mol. The SMILES string of the molecule is CCC(NC(=O)c1ccc2nc(N)sc2c1)c1ncc[nH]1. The maximum Gasteiger partial charge on any atom is 0.251 e. The molecular formula is C14H15N5OS. The van der Waals surface area contributed by atoms with E-state index in [9.17, 15) is 4.79 Å². The van der Waals surface area contributed by atoms with Crippen molar-refractivity contribution in [3.05, 3.63) is 42.0 Å². The van der Waals surface area contributed by atoms with Gasteiger partial charge in [0.05, 0.1) is 16.3 Å². The molecule has 0 aliphatic rings. The van der Waals surface area contributed by atoms with Crippen LogP contribution in [0.1, 0.15) is 35.6 Å². The first-order chi connectivity index (χ1) is 10.2. The molecule has 2 aromatic heterocycles. The minimum atomic E-state index is -0.132. The van der Waals surface area contributed by atoms with Crippen LogP contribution in [-0.2, 0) is 0 Å². The van der Waals surface area contributed by atoms with Gasteiger partial charge in [0.15, 0.2) is 5.13 Å². The lowest BCUT2D eigenvalue weighted by atomic mass is 10.1. The fraction of sp³-hybridized carbons (Fsp3) is 0.214. The molecule has 0 aliphatic carbocycles. The van der Waals surface area contributed by atoms with Crippen LogP contribution >= 0.6 is 11.3 Å². The Hall–Kier alpha value is -2.41. The molecule has 0 fully saturated rings. The maximum atomic E-state index is 12.4. The summed E-state index contributed by atoms with van der Waals surface area (Å²) in [5.41, 5.74) is 7.08. The van der Waals surface area contributed by atoms with E-state index in [4.69, 9.17) is 5.73 Å². The number of aromatic amines is 1. The second kappa shape index (κ2) is 5.53. The topological polar surface area (TPSA) is 96.7 Å². The summed E-state index contributed by atoms with van der Waals surface area (Å²) in [5.74, 6) is 0.626. The number of hydrogen-bond donors (Lipinski definition) is 3. The summed E-state index contributed by atoms with van der Waals surface area (Å²) in [6, 6.07) is 5.25. The first kappa shape index (κ1) is 13.6. The van der Waals surface area contributed by atoms with Crippen molar-refractivity contribution in [3.8, 4) is 0 Å². The van der Waals surface area contributed by atoms with Gasteiger partial charge in [-0.15, -0.1) is 0 Å². The average molecular weight is 301 g/mol. The van der Waals surface area contributed by atoms with Crippen LogP contribution < -0.4 is 11.1 Å². The molecule has 2 heterocycles. The molecule has 4 N–H and O–H groups in total. The van der Waals surface area contributed by atoms with Gasteiger partial charge in [-0.3, -0.25) is 4.79 Å². The van der Waals surface area contributed by atoms with Crippen molar-refractivity contribution in [2.75, 3.05) is 5.73 Å². The highest BCUT2D eigenvalue weighted by Crippen LogP contribution is 2.25. The lowest BCUT2D eigenvalue weighted by Crippen LogP contribution is -2.28. The Morgan fingerprint density at radius 1 is 1.52 bits per heavy atom. The van der Waals surface area contributed by atoms with Crippen molar-refractivity contribution in [1.82, 2.24) is 20.3 Å². The molecule has 0 aliphatic heterocycles. The zero-order valence-corrected chi connectivity index (χ0v) is 12.3. The highest BCUT2D eigenvalue weighted by atomic mass is 32.1. The van der Waals surface area contributed by atoms with E-state index in [1.807, 2.05) is 19.1 Å². The van der Waals surface area contributed by atoms with Gasteiger partial charge >= 0.3 is 0 Å². The van der Waals surface area contributed by atoms with E-state index in [0.717, 1.165) is 22.5 Å². The lowest BCUT2D eigenvalue weighted by molar-refractivity contribution is 0.0934. The molecule has 1 aromatic carbocycles. The molecular weight excluding hydrogens is 286 g/mol. The molecule has 1 unspecified atom stereocenters. The molecule has 0 bridgehead atoms. The van der Waals surface area contributed by atoms with Gasteiger partial charge in [0, 0.05) is 18.0 Å². The van der Waals surface area contributed by atoms with Crippen LogP contribution in [0.2, 0.25) is 0 Å². The van der Waals surface area contributed by atoms with E-state index in [1.54, 1.807) is 18.5 Å². The second-order valence-electron chi connectivity index (χ2n) is 4.64. The van der Waals surface area contributed by atoms with E-state index < -0.39 is 0 Å². The number of nitrogens with one attached hydrogen (secondary N) is 2. The summed E-state index contributed by atoms with van der Waals surface area (Å²) in [6.07, 6.45) is 4.18. The Balaban J connectivity index is 1.82. The fourth-order valence-electron chi connectivity index (χ4n) is 2.16. The number of nitrogen functional groups attached to an aromatic ring is 1. The minimum absolute atomic E-state index is 0.130. The number of thiazole rings is 1. The van der Waals surface area contributed by atoms with E-state index in [1.165, 1.54) is 11.3 Å². The van der Waals surface area contributed by atoms with Gasteiger partial charge in [0.25, 0.3) is 5.91 Å². The molecule has 0 radical (unpaired) electrons. The zero-order chi connectivity index (χ0) is 14.8. The molecule has 7 heteroatoms. The van der Waals surface area contributed by atoms with Crippen molar-refractivity contribution in [2.45, 2.75) is 19.4 Å². The first-order valence-electron chi connectivity index (χ1n) is 6.63. The molecule has 0 saturated carbocycles. The predicted octanol–water partition coefficient (Wildman–Crippen LogP) is 2.48. The van der Waals surface area contributed by atoms with Crippen LogP contribution in [0.15, 0.2) is 30.6 Å². The third-order valence-corrected chi connectivity index (χ3v) is 4.08. The summed E-state index contributed by atoms with van der Waals surface area (Å²) < 4.78 is 0.909. The van der Waals surface area contributed by atoms with Crippen molar-refractivity contribution in [1.29, 1.82) is 0 Å². The number of imidazole rings is 1. The Bertz CT molecular complexity index is 765. The number of aromatic nitrogens is 3. The van der Waals surface area contributed by atoms with Gasteiger partial charge in [-0.05, 0) is 24.6 Å². The highest BCUT2D eigenvalue weighted by Gasteiger charge is 2.16. The molecule has 108 valence electrons. The van der Waals surface area contributed by atoms with Crippen molar-refractivity contribution in [3.63, 3.8) is 0 Å². The molecule has 3 aromatic rings. The molecule has 1 atom stereocenters. The zero-order valence-electron chi connectivity index (χ0n) is 11.5. The van der Waals surface area contributed by atoms with Gasteiger partial charge in [0.2, 0.25) is 0 Å². The number of nitrogens with zero attached hydrogens (tertiary/aromatic N) is 2. The molecule has 0 spiro atoms. The number of carbonyl (C=O) groups is 1. The third kappa shape index (κ3) is 2.73. The quantitative estimate of drug-likeness (QED) is 0.689. The smallest absolute Gasteiger partial charge is 0.251 e. The van der Waals surface area contributed by atoms with Gasteiger partial charge in [-0.2, -0.15) is 0 Å². The number of amides is 1. The summed E-state index contributed by atoms with van der Waals surface area (Å²) in [6.45, 7) is 2.00. The van der Waals surface area contributed by atoms with Crippen molar-refractivity contribution >= 4 is 32.6 Å². The van der Waals surface area contributed by atoms with E-state index >= 15 is 0 Å². The second-order valence-corrected chi connectivity index (χ2v) is 5.71. The van der Waals surface area contributed by atoms with Gasteiger partial charge in [-0.25, -0.2) is 9.97 Å². The van der Waals surface area contributed by atoms with E-state index in [2.05, 4.69) is 20.3 Å².